The summed E-state index contributed by atoms with van der Waals surface area (Å²) in [5.74, 6) is 2.36. The largest absolute Gasteiger partial charge is 0.497 e. The molecule has 1 aromatic heterocycles. The number of methoxy groups -OCH3 is 1. The van der Waals surface area contributed by atoms with Crippen molar-refractivity contribution >= 4 is 39.4 Å². The summed E-state index contributed by atoms with van der Waals surface area (Å²) in [5.41, 5.74) is 3.08. The molecule has 6 rings (SSSR count). The van der Waals surface area contributed by atoms with Gasteiger partial charge in [0.1, 0.15) is 17.4 Å². The van der Waals surface area contributed by atoms with Gasteiger partial charge in [-0.2, -0.15) is 14.3 Å². The highest BCUT2D eigenvalue weighted by Gasteiger charge is 2.33. The van der Waals surface area contributed by atoms with Crippen molar-refractivity contribution < 1.29 is 23.1 Å². The molecule has 12 nitrogen and oxygen atoms in total. The summed E-state index contributed by atoms with van der Waals surface area (Å²) in [6.07, 6.45) is -0.348. The van der Waals surface area contributed by atoms with Crippen LogP contribution in [-0.2, 0) is 16.4 Å². The number of nitrogens with one attached hydrogen (secondary N) is 1. The van der Waals surface area contributed by atoms with E-state index in [9.17, 15) is 18.3 Å². The van der Waals surface area contributed by atoms with Crippen LogP contribution in [0.15, 0.2) is 89.8 Å². The van der Waals surface area contributed by atoms with Crippen molar-refractivity contribution in [3.05, 3.63) is 96.1 Å². The molecule has 4 aromatic rings. The second kappa shape index (κ2) is 13.9. The number of aryl methyl sites for hydroxylation is 1. The zero-order chi connectivity index (χ0) is 33.0. The van der Waals surface area contributed by atoms with Crippen LogP contribution in [0.3, 0.4) is 0 Å². The molecule has 1 amide bonds. The minimum absolute atomic E-state index is 0.222. The SMILES string of the molecule is COc1ccc(S(=O)(=O)N2CCN(c3nc(Nc4ccc(C)cc4)cc(N4CCN(C(=O)O)C(Cc5ccccc5)C4)n3)CC2)cc1. The molecule has 47 heavy (non-hydrogen) atoms. The molecule has 2 saturated heterocycles. The molecular formula is C34H39N7O5S. The van der Waals surface area contributed by atoms with Crippen molar-refractivity contribution in [2.24, 2.45) is 0 Å². The van der Waals surface area contributed by atoms with Gasteiger partial charge < -0.3 is 29.9 Å². The van der Waals surface area contributed by atoms with Gasteiger partial charge in [-0.25, -0.2) is 13.2 Å². The van der Waals surface area contributed by atoms with Gasteiger partial charge in [-0.1, -0.05) is 48.0 Å². The van der Waals surface area contributed by atoms with E-state index in [-0.39, 0.29) is 24.0 Å². The first kappa shape index (κ1) is 32.1. The number of carboxylic acid groups (broad SMARTS) is 1. The Morgan fingerprint density at radius 1 is 0.894 bits per heavy atom. The number of sulfonamides is 1. The van der Waals surface area contributed by atoms with Crippen molar-refractivity contribution in [1.29, 1.82) is 0 Å². The first-order valence-electron chi connectivity index (χ1n) is 15.6. The fraction of sp³-hybridized carbons (Fsp3) is 0.324. The Kier molecular flexibility index (Phi) is 9.45. The average molecular weight is 658 g/mol. The number of rotatable bonds is 9. The second-order valence-corrected chi connectivity index (χ2v) is 13.7. The van der Waals surface area contributed by atoms with Crippen molar-refractivity contribution in [3.8, 4) is 5.75 Å². The van der Waals surface area contributed by atoms with Crippen LogP contribution in [0.5, 0.6) is 5.75 Å². The molecule has 246 valence electrons. The molecule has 3 aromatic carbocycles. The number of hydrogen-bond acceptors (Lipinski definition) is 9. The molecule has 2 aliphatic heterocycles. The summed E-state index contributed by atoms with van der Waals surface area (Å²) in [5, 5.41) is 13.4. The van der Waals surface area contributed by atoms with Crippen LogP contribution in [0, 0.1) is 6.92 Å². The number of carbonyl (C=O) groups is 1. The number of amides is 1. The monoisotopic (exact) mass is 657 g/mol. The molecule has 0 saturated carbocycles. The lowest BCUT2D eigenvalue weighted by Crippen LogP contribution is -2.56. The molecule has 2 N–H and O–H groups in total. The maximum atomic E-state index is 13.4. The molecule has 1 atom stereocenters. The zero-order valence-electron chi connectivity index (χ0n) is 26.5. The van der Waals surface area contributed by atoms with Crippen LogP contribution in [-0.4, -0.2) is 97.8 Å². The van der Waals surface area contributed by atoms with Crippen molar-refractivity contribution in [3.63, 3.8) is 0 Å². The van der Waals surface area contributed by atoms with Crippen LogP contribution in [0.1, 0.15) is 11.1 Å². The first-order valence-corrected chi connectivity index (χ1v) is 17.0. The normalized spacial score (nSPS) is 17.4. The molecule has 13 heteroatoms. The average Bonchev–Trinajstić information content (AvgIpc) is 3.09. The van der Waals surface area contributed by atoms with E-state index in [1.165, 1.54) is 9.21 Å². The minimum Gasteiger partial charge on any atom is -0.497 e. The summed E-state index contributed by atoms with van der Waals surface area (Å²) >= 11 is 0. The lowest BCUT2D eigenvalue weighted by Gasteiger charge is -2.41. The molecule has 0 bridgehead atoms. The van der Waals surface area contributed by atoms with E-state index in [1.54, 1.807) is 31.4 Å². The number of hydrogen-bond donors (Lipinski definition) is 2. The molecule has 3 heterocycles. The molecule has 2 fully saturated rings. The Morgan fingerprint density at radius 2 is 1.57 bits per heavy atom. The summed E-state index contributed by atoms with van der Waals surface area (Å²) < 4.78 is 33.4. The van der Waals surface area contributed by atoms with Gasteiger partial charge in [0.25, 0.3) is 0 Å². The minimum atomic E-state index is -3.68. The molecule has 2 aliphatic rings. The summed E-state index contributed by atoms with van der Waals surface area (Å²) in [4.78, 5) is 27.8. The quantitative estimate of drug-likeness (QED) is 0.266. The van der Waals surface area contributed by atoms with E-state index in [1.807, 2.05) is 72.5 Å². The number of nitrogens with zero attached hydrogens (tertiary/aromatic N) is 6. The van der Waals surface area contributed by atoms with Gasteiger partial charge in [0, 0.05) is 57.6 Å². The fourth-order valence-electron chi connectivity index (χ4n) is 5.98. The van der Waals surface area contributed by atoms with Gasteiger partial charge in [0.2, 0.25) is 16.0 Å². The zero-order valence-corrected chi connectivity index (χ0v) is 27.3. The highest BCUT2D eigenvalue weighted by molar-refractivity contribution is 7.89. The highest BCUT2D eigenvalue weighted by atomic mass is 32.2. The van der Waals surface area contributed by atoms with Crippen molar-refractivity contribution in [1.82, 2.24) is 19.2 Å². The van der Waals surface area contributed by atoms with Crippen LogP contribution in [0.25, 0.3) is 0 Å². The Morgan fingerprint density at radius 3 is 2.23 bits per heavy atom. The predicted molar refractivity (Wildman–Crippen MR) is 181 cm³/mol. The third-order valence-electron chi connectivity index (χ3n) is 8.61. The first-order chi connectivity index (χ1) is 22.7. The van der Waals surface area contributed by atoms with Gasteiger partial charge >= 0.3 is 6.09 Å². The lowest BCUT2D eigenvalue weighted by atomic mass is 10.0. The van der Waals surface area contributed by atoms with Gasteiger partial charge in [-0.05, 0) is 55.3 Å². The summed E-state index contributed by atoms with van der Waals surface area (Å²) in [6, 6.07) is 26.0. The molecule has 0 aliphatic carbocycles. The topological polar surface area (TPSA) is 131 Å². The third-order valence-corrected chi connectivity index (χ3v) is 10.5. The van der Waals surface area contributed by atoms with Crippen LogP contribution < -0.4 is 19.9 Å². The maximum Gasteiger partial charge on any atom is 0.407 e. The van der Waals surface area contributed by atoms with Gasteiger partial charge in [0.15, 0.2) is 0 Å². The second-order valence-electron chi connectivity index (χ2n) is 11.7. The number of benzene rings is 3. The Labute approximate surface area is 275 Å². The smallest absolute Gasteiger partial charge is 0.407 e. The van der Waals surface area contributed by atoms with Gasteiger partial charge in [-0.15, -0.1) is 0 Å². The number of piperazine rings is 2. The van der Waals surface area contributed by atoms with E-state index in [4.69, 9.17) is 14.7 Å². The number of anilines is 4. The molecular weight excluding hydrogens is 618 g/mol. The maximum absolute atomic E-state index is 13.4. The molecule has 1 unspecified atom stereocenters. The van der Waals surface area contributed by atoms with Crippen LogP contribution in [0.2, 0.25) is 0 Å². The van der Waals surface area contributed by atoms with Gasteiger partial charge in [-0.3, -0.25) is 0 Å². The molecule has 0 spiro atoms. The van der Waals surface area contributed by atoms with Crippen molar-refractivity contribution in [2.75, 3.05) is 68.0 Å². The summed E-state index contributed by atoms with van der Waals surface area (Å²) in [6.45, 7) is 4.69. The third kappa shape index (κ3) is 7.42. The van der Waals surface area contributed by atoms with E-state index in [0.29, 0.717) is 62.5 Å². The highest BCUT2D eigenvalue weighted by Crippen LogP contribution is 2.28. The predicted octanol–water partition coefficient (Wildman–Crippen LogP) is 4.46. The molecule has 0 radical (unpaired) electrons. The fourth-order valence-corrected chi connectivity index (χ4v) is 7.40. The number of aromatic nitrogens is 2. The van der Waals surface area contributed by atoms with E-state index in [0.717, 1.165) is 16.8 Å². The standard InChI is InChI=1S/C34H39N7O5S/c1-25-8-10-27(11-9-25)35-31-23-32(39-18-21-41(34(42)43)28(24-39)22-26-6-4-3-5-7-26)37-33(36-31)38-16-19-40(20-17-38)47(44,45)30-14-12-29(46-2)13-15-30/h3-15,23,28H,16-22,24H2,1-2H3,(H,42,43)(H,35,36,37). The Balaban J connectivity index is 1.25. The Hall–Kier alpha value is -4.88. The van der Waals surface area contributed by atoms with Gasteiger partial charge in [0.05, 0.1) is 18.0 Å². The lowest BCUT2D eigenvalue weighted by molar-refractivity contribution is 0.117. The van der Waals surface area contributed by atoms with Crippen LogP contribution >= 0.6 is 0 Å². The van der Waals surface area contributed by atoms with E-state index in [2.05, 4.69) is 10.2 Å². The van der Waals surface area contributed by atoms with E-state index < -0.39 is 16.1 Å². The van der Waals surface area contributed by atoms with Crippen molar-refractivity contribution in [2.45, 2.75) is 24.3 Å². The summed E-state index contributed by atoms with van der Waals surface area (Å²) in [7, 11) is -2.14. The van der Waals surface area contributed by atoms with Crippen LogP contribution in [0.4, 0.5) is 28.1 Å². The van der Waals surface area contributed by atoms with E-state index >= 15 is 0 Å². The Bertz CT molecular complexity index is 1780. The number of ether oxygens (including phenoxy) is 1.